The van der Waals surface area contributed by atoms with Crippen LogP contribution in [0, 0.1) is 6.92 Å². The highest BCUT2D eigenvalue weighted by Gasteiger charge is 1.81. The normalized spacial score (nSPS) is 11.3. The Hall–Kier alpha value is -0.820. The van der Waals surface area contributed by atoms with E-state index in [2.05, 4.69) is 19.1 Å². The van der Waals surface area contributed by atoms with Gasteiger partial charge in [0.2, 0.25) is 0 Å². The van der Waals surface area contributed by atoms with Gasteiger partial charge in [-0.25, -0.2) is 0 Å². The molecule has 0 fully saturated rings. The molecule has 0 saturated carbocycles. The summed E-state index contributed by atoms with van der Waals surface area (Å²) in [5.41, 5.74) is 1.32. The van der Waals surface area contributed by atoms with Crippen LogP contribution < -0.4 is 0 Å². The number of aliphatic hydroxyl groups excluding tert-OH is 1. The lowest BCUT2D eigenvalue weighted by Crippen LogP contribution is -1.93. The van der Waals surface area contributed by atoms with Crippen LogP contribution in [0.25, 0.3) is 0 Å². The van der Waals surface area contributed by atoms with Crippen LogP contribution in [0.1, 0.15) is 25.8 Å². The Morgan fingerprint density at radius 1 is 1.25 bits per heavy atom. The molecular weight excluding hydrogens is 148 g/mol. The maximum absolute atomic E-state index is 8.36. The molecule has 0 radical (unpaired) electrons. The second kappa shape index (κ2) is 6.86. The molecule has 1 unspecified atom stereocenters. The van der Waals surface area contributed by atoms with Gasteiger partial charge in [-0.15, -0.1) is 0 Å². The predicted octanol–water partition coefficient (Wildman–Crippen LogP) is 2.77. The number of hydrogen-bond acceptors (Lipinski definition) is 1. The van der Waals surface area contributed by atoms with E-state index in [0.717, 1.165) is 6.42 Å². The van der Waals surface area contributed by atoms with Crippen molar-refractivity contribution in [2.24, 2.45) is 0 Å². The molecule has 12 heavy (non-hydrogen) atoms. The Balaban J connectivity index is 0.000000217. The minimum Gasteiger partial charge on any atom is -0.393 e. The fourth-order valence-corrected chi connectivity index (χ4v) is 0.534. The van der Waals surface area contributed by atoms with Crippen LogP contribution in [0.3, 0.4) is 0 Å². The SMILES string of the molecule is CCC(C)O.Cc1ccccc1. The van der Waals surface area contributed by atoms with E-state index >= 15 is 0 Å². The number of rotatable bonds is 1. The first-order valence-corrected chi connectivity index (χ1v) is 4.36. The van der Waals surface area contributed by atoms with Gasteiger partial charge in [-0.2, -0.15) is 0 Å². The Kier molecular flexibility index (Phi) is 6.39. The molecular formula is C11H18O. The van der Waals surface area contributed by atoms with Gasteiger partial charge in [-0.1, -0.05) is 42.8 Å². The number of aryl methyl sites for hydroxylation is 1. The van der Waals surface area contributed by atoms with Gasteiger partial charge in [-0.3, -0.25) is 0 Å². The van der Waals surface area contributed by atoms with Crippen molar-refractivity contribution in [1.29, 1.82) is 0 Å². The highest BCUT2D eigenvalue weighted by Crippen LogP contribution is 1.92. The van der Waals surface area contributed by atoms with Crippen LogP contribution in [0.4, 0.5) is 0 Å². The fourth-order valence-electron chi connectivity index (χ4n) is 0.534. The third-order valence-corrected chi connectivity index (χ3v) is 1.53. The van der Waals surface area contributed by atoms with E-state index < -0.39 is 0 Å². The molecule has 68 valence electrons. The zero-order valence-corrected chi connectivity index (χ0v) is 8.12. The molecule has 1 N–H and O–H groups in total. The van der Waals surface area contributed by atoms with Crippen molar-refractivity contribution in [2.75, 3.05) is 0 Å². The predicted molar refractivity (Wildman–Crippen MR) is 53.2 cm³/mol. The highest BCUT2D eigenvalue weighted by molar-refractivity contribution is 5.11. The lowest BCUT2D eigenvalue weighted by atomic mass is 10.2. The van der Waals surface area contributed by atoms with Crippen LogP contribution in [0.5, 0.6) is 0 Å². The standard InChI is InChI=1S/C7H8.C4H10O/c1-7-5-3-2-4-6-7;1-3-4(2)5/h2-6H,1H3;4-5H,3H2,1-2H3. The molecule has 1 atom stereocenters. The molecule has 0 aliphatic rings. The summed E-state index contributed by atoms with van der Waals surface area (Å²) in [5, 5.41) is 8.36. The summed E-state index contributed by atoms with van der Waals surface area (Å²) in [4.78, 5) is 0. The van der Waals surface area contributed by atoms with Crippen molar-refractivity contribution in [3.63, 3.8) is 0 Å². The number of hydrogen-bond donors (Lipinski definition) is 1. The monoisotopic (exact) mass is 166 g/mol. The zero-order chi connectivity index (χ0) is 9.40. The van der Waals surface area contributed by atoms with E-state index in [1.807, 2.05) is 25.1 Å². The Morgan fingerprint density at radius 2 is 1.67 bits per heavy atom. The fraction of sp³-hybridized carbons (Fsp3) is 0.455. The Bertz CT molecular complexity index is 179. The van der Waals surface area contributed by atoms with Gasteiger partial charge in [-0.05, 0) is 20.3 Å². The van der Waals surface area contributed by atoms with Gasteiger partial charge in [0.25, 0.3) is 0 Å². The van der Waals surface area contributed by atoms with E-state index in [4.69, 9.17) is 5.11 Å². The molecule has 0 heterocycles. The maximum Gasteiger partial charge on any atom is 0.0509 e. The van der Waals surface area contributed by atoms with Gasteiger partial charge >= 0.3 is 0 Å². The molecule has 0 amide bonds. The van der Waals surface area contributed by atoms with Crippen molar-refractivity contribution in [3.05, 3.63) is 35.9 Å². The molecule has 0 spiro atoms. The van der Waals surface area contributed by atoms with E-state index in [1.165, 1.54) is 5.56 Å². The first kappa shape index (κ1) is 11.2. The molecule has 1 heteroatoms. The minimum absolute atomic E-state index is 0.116. The number of benzene rings is 1. The second-order valence-electron chi connectivity index (χ2n) is 2.91. The summed E-state index contributed by atoms with van der Waals surface area (Å²) >= 11 is 0. The van der Waals surface area contributed by atoms with Crippen molar-refractivity contribution in [3.8, 4) is 0 Å². The summed E-state index contributed by atoms with van der Waals surface area (Å²) in [7, 11) is 0. The summed E-state index contributed by atoms with van der Waals surface area (Å²) in [6.07, 6.45) is 0.745. The highest BCUT2D eigenvalue weighted by atomic mass is 16.3. The maximum atomic E-state index is 8.36. The first-order valence-electron chi connectivity index (χ1n) is 4.36. The average molecular weight is 166 g/mol. The molecule has 1 rings (SSSR count). The van der Waals surface area contributed by atoms with Gasteiger partial charge in [0.05, 0.1) is 6.10 Å². The van der Waals surface area contributed by atoms with Crippen LogP contribution in [-0.2, 0) is 0 Å². The average Bonchev–Trinajstić information content (AvgIpc) is 2.07. The summed E-state index contributed by atoms with van der Waals surface area (Å²) in [5.74, 6) is 0. The third kappa shape index (κ3) is 7.29. The lowest BCUT2D eigenvalue weighted by Gasteiger charge is -1.90. The van der Waals surface area contributed by atoms with Crippen LogP contribution in [-0.4, -0.2) is 11.2 Å². The Labute approximate surface area is 75.1 Å². The summed E-state index contributed by atoms with van der Waals surface area (Å²) in [6.45, 7) is 5.81. The van der Waals surface area contributed by atoms with E-state index in [0.29, 0.717) is 0 Å². The largest absolute Gasteiger partial charge is 0.393 e. The molecule has 0 aliphatic carbocycles. The molecule has 1 aromatic rings. The van der Waals surface area contributed by atoms with E-state index in [9.17, 15) is 0 Å². The lowest BCUT2D eigenvalue weighted by molar-refractivity contribution is 0.191. The zero-order valence-electron chi connectivity index (χ0n) is 8.12. The topological polar surface area (TPSA) is 20.2 Å². The van der Waals surface area contributed by atoms with E-state index in [1.54, 1.807) is 6.92 Å². The van der Waals surface area contributed by atoms with Crippen LogP contribution in [0.2, 0.25) is 0 Å². The molecule has 0 saturated heterocycles. The molecule has 1 aromatic carbocycles. The van der Waals surface area contributed by atoms with Crippen molar-refractivity contribution >= 4 is 0 Å². The van der Waals surface area contributed by atoms with Crippen molar-refractivity contribution < 1.29 is 5.11 Å². The smallest absolute Gasteiger partial charge is 0.0509 e. The molecule has 1 nitrogen and oxygen atoms in total. The molecule has 0 bridgehead atoms. The van der Waals surface area contributed by atoms with Crippen molar-refractivity contribution in [2.45, 2.75) is 33.3 Å². The third-order valence-electron chi connectivity index (χ3n) is 1.53. The van der Waals surface area contributed by atoms with Crippen molar-refractivity contribution in [1.82, 2.24) is 0 Å². The first-order chi connectivity index (χ1) is 5.66. The van der Waals surface area contributed by atoms with Gasteiger partial charge in [0, 0.05) is 0 Å². The van der Waals surface area contributed by atoms with E-state index in [-0.39, 0.29) is 6.10 Å². The molecule has 0 aromatic heterocycles. The summed E-state index contributed by atoms with van der Waals surface area (Å²) in [6, 6.07) is 10.3. The van der Waals surface area contributed by atoms with Crippen LogP contribution >= 0.6 is 0 Å². The molecule has 0 aliphatic heterocycles. The van der Waals surface area contributed by atoms with Gasteiger partial charge < -0.3 is 5.11 Å². The number of aliphatic hydroxyl groups is 1. The quantitative estimate of drug-likeness (QED) is 0.680. The van der Waals surface area contributed by atoms with Gasteiger partial charge in [0.15, 0.2) is 0 Å². The minimum atomic E-state index is -0.116. The second-order valence-corrected chi connectivity index (χ2v) is 2.91. The van der Waals surface area contributed by atoms with Gasteiger partial charge in [0.1, 0.15) is 0 Å². The Morgan fingerprint density at radius 3 is 1.83 bits per heavy atom. The summed E-state index contributed by atoms with van der Waals surface area (Å²) < 4.78 is 0. The van der Waals surface area contributed by atoms with Crippen LogP contribution in [0.15, 0.2) is 30.3 Å².